The lowest BCUT2D eigenvalue weighted by molar-refractivity contribution is -0.154. The van der Waals surface area contributed by atoms with Gasteiger partial charge < -0.3 is 15.3 Å². The van der Waals surface area contributed by atoms with Gasteiger partial charge in [0.2, 0.25) is 11.8 Å². The van der Waals surface area contributed by atoms with Crippen LogP contribution in [0.2, 0.25) is 0 Å². The van der Waals surface area contributed by atoms with E-state index in [2.05, 4.69) is 17.9 Å². The number of fused-ring (bicyclic) bond motifs is 1. The van der Waals surface area contributed by atoms with Gasteiger partial charge in [-0.2, -0.15) is 12.6 Å². The number of rotatable bonds is 5. The largest absolute Gasteiger partial charge is 0.480 e. The fourth-order valence-corrected chi connectivity index (χ4v) is 5.94. The molecule has 3 rings (SSSR count). The number of carboxylic acids is 1. The Morgan fingerprint density at radius 3 is 2.88 bits per heavy atom. The summed E-state index contributed by atoms with van der Waals surface area (Å²) in [4.78, 5) is 39.6. The fourth-order valence-electron chi connectivity index (χ4n) is 3.41. The molecule has 6 nitrogen and oxygen atoms in total. The van der Waals surface area contributed by atoms with Crippen molar-refractivity contribution in [3.63, 3.8) is 0 Å². The van der Waals surface area contributed by atoms with Crippen molar-refractivity contribution >= 4 is 53.5 Å². The van der Waals surface area contributed by atoms with Crippen LogP contribution in [0, 0.1) is 0 Å². The summed E-state index contributed by atoms with van der Waals surface area (Å²) in [6.07, 6.45) is 3.08. The van der Waals surface area contributed by atoms with E-state index in [0.717, 1.165) is 17.7 Å². The molecule has 2 saturated heterocycles. The Morgan fingerprint density at radius 1 is 1.38 bits per heavy atom. The van der Waals surface area contributed by atoms with Gasteiger partial charge in [-0.3, -0.25) is 9.59 Å². The van der Waals surface area contributed by atoms with E-state index in [9.17, 15) is 19.5 Å². The molecular formula is C17H22N2O4S3. The van der Waals surface area contributed by atoms with Crippen molar-refractivity contribution in [3.05, 3.63) is 22.4 Å². The molecule has 142 valence electrons. The smallest absolute Gasteiger partial charge is 0.326 e. The van der Waals surface area contributed by atoms with Crippen molar-refractivity contribution < 1.29 is 19.5 Å². The standard InChI is InChI=1S/C17H22N2O4S3/c20-15(13(24)9-10-3-2-7-25-10)18-11-6-8-26-14-5-1-4-12(17(22)23)19(14)16(11)21/h2-3,7,11-14,24H,1,4-6,8-9H2,(H,18,20)(H,22,23)/t11-,12-,13?,14-/m0/s1. The number of carbonyl (C=O) groups excluding carboxylic acids is 2. The van der Waals surface area contributed by atoms with E-state index in [1.54, 1.807) is 23.1 Å². The quantitative estimate of drug-likeness (QED) is 0.642. The zero-order chi connectivity index (χ0) is 18.7. The number of amides is 2. The summed E-state index contributed by atoms with van der Waals surface area (Å²) >= 11 is 7.55. The first-order valence-electron chi connectivity index (χ1n) is 8.64. The Kier molecular flexibility index (Phi) is 6.52. The van der Waals surface area contributed by atoms with E-state index in [1.165, 1.54) is 4.90 Å². The predicted octanol–water partition coefficient (Wildman–Crippen LogP) is 2.00. The first-order valence-corrected chi connectivity index (χ1v) is 11.1. The molecule has 0 radical (unpaired) electrons. The molecule has 0 saturated carbocycles. The summed E-state index contributed by atoms with van der Waals surface area (Å²) in [5.74, 6) is -0.822. The highest BCUT2D eigenvalue weighted by Crippen LogP contribution is 2.34. The Hall–Kier alpha value is -1.19. The van der Waals surface area contributed by atoms with Crippen LogP contribution in [0.1, 0.15) is 30.6 Å². The summed E-state index contributed by atoms with van der Waals surface area (Å²) in [5.41, 5.74) is 0. The molecule has 0 aliphatic carbocycles. The van der Waals surface area contributed by atoms with Gasteiger partial charge in [0.15, 0.2) is 0 Å². The Balaban J connectivity index is 1.68. The molecule has 2 aliphatic rings. The van der Waals surface area contributed by atoms with Gasteiger partial charge in [-0.05, 0) is 42.9 Å². The third-order valence-electron chi connectivity index (χ3n) is 4.72. The van der Waals surface area contributed by atoms with Crippen LogP contribution in [0.3, 0.4) is 0 Å². The van der Waals surface area contributed by atoms with Crippen molar-refractivity contribution in [3.8, 4) is 0 Å². The molecular weight excluding hydrogens is 392 g/mol. The average Bonchev–Trinajstić information content (AvgIpc) is 3.07. The molecule has 2 fully saturated rings. The molecule has 26 heavy (non-hydrogen) atoms. The molecule has 0 aromatic carbocycles. The zero-order valence-electron chi connectivity index (χ0n) is 14.2. The molecule has 1 unspecified atom stereocenters. The number of hydrogen-bond acceptors (Lipinski definition) is 6. The molecule has 1 aromatic heterocycles. The van der Waals surface area contributed by atoms with E-state index < -0.39 is 23.3 Å². The first kappa shape index (κ1) is 19.6. The maximum atomic E-state index is 13.0. The highest BCUT2D eigenvalue weighted by Gasteiger charge is 2.43. The topological polar surface area (TPSA) is 86.7 Å². The van der Waals surface area contributed by atoms with Gasteiger partial charge in [-0.15, -0.1) is 23.1 Å². The third-order valence-corrected chi connectivity index (χ3v) is 7.36. The highest BCUT2D eigenvalue weighted by atomic mass is 32.2. The van der Waals surface area contributed by atoms with E-state index in [4.69, 9.17) is 0 Å². The number of carbonyl (C=O) groups is 3. The highest BCUT2D eigenvalue weighted by molar-refractivity contribution is 7.99. The summed E-state index contributed by atoms with van der Waals surface area (Å²) < 4.78 is 0. The van der Waals surface area contributed by atoms with Crippen molar-refractivity contribution in [1.82, 2.24) is 10.2 Å². The van der Waals surface area contributed by atoms with Gasteiger partial charge in [0.05, 0.1) is 10.6 Å². The van der Waals surface area contributed by atoms with E-state index >= 15 is 0 Å². The van der Waals surface area contributed by atoms with Gasteiger partial charge in [0.25, 0.3) is 0 Å². The van der Waals surface area contributed by atoms with Crippen LogP contribution in [0.15, 0.2) is 17.5 Å². The maximum Gasteiger partial charge on any atom is 0.326 e. The lowest BCUT2D eigenvalue weighted by Gasteiger charge is -2.39. The summed E-state index contributed by atoms with van der Waals surface area (Å²) in [5, 5.41) is 13.6. The summed E-state index contributed by atoms with van der Waals surface area (Å²) in [6.45, 7) is 0. The van der Waals surface area contributed by atoms with Gasteiger partial charge in [-0.25, -0.2) is 4.79 Å². The zero-order valence-corrected chi connectivity index (χ0v) is 16.7. The van der Waals surface area contributed by atoms with Gasteiger partial charge in [-0.1, -0.05) is 6.07 Å². The fraction of sp³-hybridized carbons (Fsp3) is 0.588. The molecule has 9 heteroatoms. The first-order chi connectivity index (χ1) is 12.5. The molecule has 2 aliphatic heterocycles. The second-order valence-electron chi connectivity index (χ2n) is 6.51. The van der Waals surface area contributed by atoms with Crippen molar-refractivity contribution in [2.75, 3.05) is 5.75 Å². The Bertz CT molecular complexity index is 667. The number of thiol groups is 1. The number of aliphatic carboxylic acids is 1. The number of piperidine rings is 1. The Labute approximate surface area is 166 Å². The van der Waals surface area contributed by atoms with Crippen LogP contribution in [-0.4, -0.2) is 56.3 Å². The number of carboxylic acid groups (broad SMARTS) is 1. The SMILES string of the molecule is O=C(N[C@H]1CCS[C@H]2CCC[C@@H](C(=O)O)N2C1=O)C(S)Cc1cccs1. The molecule has 4 atom stereocenters. The van der Waals surface area contributed by atoms with Crippen molar-refractivity contribution in [2.24, 2.45) is 0 Å². The van der Waals surface area contributed by atoms with Crippen LogP contribution < -0.4 is 5.32 Å². The molecule has 0 bridgehead atoms. The predicted molar refractivity (Wildman–Crippen MR) is 106 cm³/mol. The van der Waals surface area contributed by atoms with Crippen LogP contribution in [0.4, 0.5) is 0 Å². The minimum absolute atomic E-state index is 0.114. The second-order valence-corrected chi connectivity index (χ2v) is 9.45. The van der Waals surface area contributed by atoms with E-state index in [-0.39, 0.29) is 17.2 Å². The average molecular weight is 415 g/mol. The van der Waals surface area contributed by atoms with Crippen LogP contribution in [0.25, 0.3) is 0 Å². The normalized spacial score (nSPS) is 27.3. The minimum atomic E-state index is -0.972. The lowest BCUT2D eigenvalue weighted by atomic mass is 10.00. The molecule has 0 spiro atoms. The summed E-state index contributed by atoms with van der Waals surface area (Å²) in [6, 6.07) is 2.39. The monoisotopic (exact) mass is 414 g/mol. The number of thioether (sulfide) groups is 1. The van der Waals surface area contributed by atoms with E-state index in [0.29, 0.717) is 25.0 Å². The molecule has 2 amide bonds. The van der Waals surface area contributed by atoms with Gasteiger partial charge in [0.1, 0.15) is 12.1 Å². The lowest BCUT2D eigenvalue weighted by Crippen LogP contribution is -2.57. The number of thiophene rings is 1. The van der Waals surface area contributed by atoms with Crippen molar-refractivity contribution in [2.45, 2.75) is 54.8 Å². The second kappa shape index (κ2) is 8.67. The van der Waals surface area contributed by atoms with Crippen LogP contribution >= 0.6 is 35.7 Å². The third kappa shape index (κ3) is 4.37. The maximum absolute atomic E-state index is 13.0. The van der Waals surface area contributed by atoms with E-state index in [1.807, 2.05) is 17.5 Å². The molecule has 3 heterocycles. The van der Waals surface area contributed by atoms with Crippen LogP contribution in [0.5, 0.6) is 0 Å². The Morgan fingerprint density at radius 2 is 2.19 bits per heavy atom. The minimum Gasteiger partial charge on any atom is -0.480 e. The van der Waals surface area contributed by atoms with Crippen LogP contribution in [-0.2, 0) is 20.8 Å². The number of nitrogens with zero attached hydrogens (tertiary/aromatic N) is 1. The summed E-state index contributed by atoms with van der Waals surface area (Å²) in [7, 11) is 0. The van der Waals surface area contributed by atoms with Crippen molar-refractivity contribution in [1.29, 1.82) is 0 Å². The van der Waals surface area contributed by atoms with Gasteiger partial charge in [0, 0.05) is 11.3 Å². The number of nitrogens with one attached hydrogen (secondary N) is 1. The van der Waals surface area contributed by atoms with Gasteiger partial charge >= 0.3 is 5.97 Å². The molecule has 2 N–H and O–H groups in total. The number of hydrogen-bond donors (Lipinski definition) is 3. The molecule has 1 aromatic rings.